The molecule has 0 bridgehead atoms. The van der Waals surface area contributed by atoms with E-state index in [-0.39, 0.29) is 11.9 Å². The fraction of sp³-hybridized carbons (Fsp3) is 0.231. The number of benzene rings is 3. The Bertz CT molecular complexity index is 1120. The maximum absolute atomic E-state index is 13.0. The quantitative estimate of drug-likeness (QED) is 0.370. The second-order valence-electron chi connectivity index (χ2n) is 8.26. The van der Waals surface area contributed by atoms with Crippen LogP contribution in [-0.4, -0.2) is 48.9 Å². The van der Waals surface area contributed by atoms with Gasteiger partial charge in [-0.3, -0.25) is 4.79 Å². The molecule has 4 N–H and O–H groups in total. The molecule has 0 aliphatic rings. The number of nitrogens with two attached hydrogens (primary N) is 1. The minimum atomic E-state index is -0.244. The summed E-state index contributed by atoms with van der Waals surface area (Å²) < 4.78 is 0. The number of hydrogen-bond donors (Lipinski definition) is 3. The number of nitrogens with one attached hydrogen (secondary N) is 2. The Labute approximate surface area is 205 Å². The van der Waals surface area contributed by atoms with Crippen LogP contribution < -0.4 is 16.4 Å². The van der Waals surface area contributed by atoms with E-state index >= 15 is 0 Å². The zero-order valence-corrected chi connectivity index (χ0v) is 20.2. The lowest BCUT2D eigenvalue weighted by Crippen LogP contribution is -2.36. The highest BCUT2D eigenvalue weighted by Gasteiger charge is 2.15. The van der Waals surface area contributed by atoms with Crippen molar-refractivity contribution in [3.8, 4) is 0 Å². The van der Waals surface area contributed by atoms with Gasteiger partial charge in [0, 0.05) is 29.4 Å². The monoisotopic (exact) mass is 479 g/mol. The first-order valence-corrected chi connectivity index (χ1v) is 11.4. The molecule has 8 heteroatoms. The van der Waals surface area contributed by atoms with Gasteiger partial charge in [0.05, 0.1) is 11.4 Å². The van der Waals surface area contributed by atoms with E-state index in [4.69, 9.17) is 17.3 Å². The predicted molar refractivity (Wildman–Crippen MR) is 139 cm³/mol. The Morgan fingerprint density at radius 1 is 0.912 bits per heavy atom. The smallest absolute Gasteiger partial charge is 0.322 e. The third-order valence-electron chi connectivity index (χ3n) is 5.20. The zero-order chi connectivity index (χ0) is 24.5. The highest BCUT2D eigenvalue weighted by atomic mass is 35.5. The number of urea groups is 1. The van der Waals surface area contributed by atoms with Crippen molar-refractivity contribution in [2.45, 2.75) is 13.0 Å². The third-order valence-corrected chi connectivity index (χ3v) is 5.43. The molecule has 7 nitrogen and oxygen atoms in total. The summed E-state index contributed by atoms with van der Waals surface area (Å²) >= 11 is 6.05. The van der Waals surface area contributed by atoms with E-state index in [2.05, 4.69) is 15.5 Å². The number of carbonyl (C=O) groups excluding carboxylic acids is 2. The molecular weight excluding hydrogens is 450 g/mol. The van der Waals surface area contributed by atoms with Crippen LogP contribution in [-0.2, 0) is 6.54 Å². The molecule has 178 valence electrons. The van der Waals surface area contributed by atoms with Gasteiger partial charge < -0.3 is 26.2 Å². The van der Waals surface area contributed by atoms with E-state index in [1.165, 1.54) is 0 Å². The van der Waals surface area contributed by atoms with Crippen molar-refractivity contribution >= 4 is 40.6 Å². The van der Waals surface area contributed by atoms with Crippen molar-refractivity contribution in [2.75, 3.05) is 43.6 Å². The molecule has 0 fully saturated rings. The number of nitrogen functional groups attached to an aromatic ring is 1. The van der Waals surface area contributed by atoms with Crippen molar-refractivity contribution in [3.05, 3.63) is 88.9 Å². The fourth-order valence-corrected chi connectivity index (χ4v) is 3.58. The van der Waals surface area contributed by atoms with Gasteiger partial charge in [0.1, 0.15) is 0 Å². The first kappa shape index (κ1) is 25.1. The number of halogens is 1. The Morgan fingerprint density at radius 2 is 1.65 bits per heavy atom. The summed E-state index contributed by atoms with van der Waals surface area (Å²) in [6.45, 7) is 1.86. The average Bonchev–Trinajstić information content (AvgIpc) is 2.80. The SMILES string of the molecule is CN(C)CCCN(Cc1ccc(C(=O)Nc2ccccc2N)cc1)C(=O)Nc1cccc(Cl)c1. The number of amides is 3. The van der Waals surface area contributed by atoms with Gasteiger partial charge in [-0.05, 0) is 75.1 Å². The van der Waals surface area contributed by atoms with Gasteiger partial charge in [-0.1, -0.05) is 41.9 Å². The molecule has 3 rings (SSSR count). The molecule has 0 aliphatic carbocycles. The Morgan fingerprint density at radius 3 is 2.32 bits per heavy atom. The number of rotatable bonds is 9. The van der Waals surface area contributed by atoms with Crippen molar-refractivity contribution in [1.82, 2.24) is 9.80 Å². The molecule has 0 aliphatic heterocycles. The van der Waals surface area contributed by atoms with E-state index in [0.717, 1.165) is 18.5 Å². The van der Waals surface area contributed by atoms with E-state index in [1.54, 1.807) is 53.4 Å². The lowest BCUT2D eigenvalue weighted by molar-refractivity contribution is 0.102. The highest BCUT2D eigenvalue weighted by molar-refractivity contribution is 6.30. The average molecular weight is 480 g/mol. The molecule has 0 aromatic heterocycles. The van der Waals surface area contributed by atoms with E-state index < -0.39 is 0 Å². The van der Waals surface area contributed by atoms with Crippen LogP contribution in [0.2, 0.25) is 5.02 Å². The molecule has 0 unspecified atom stereocenters. The van der Waals surface area contributed by atoms with E-state index in [0.29, 0.717) is 40.7 Å². The lowest BCUT2D eigenvalue weighted by atomic mass is 10.1. The third kappa shape index (κ3) is 7.50. The maximum Gasteiger partial charge on any atom is 0.322 e. The molecule has 3 aromatic rings. The van der Waals surface area contributed by atoms with Gasteiger partial charge in [-0.15, -0.1) is 0 Å². The minimum absolute atomic E-state index is 0.206. The van der Waals surface area contributed by atoms with Gasteiger partial charge in [0.2, 0.25) is 0 Å². The summed E-state index contributed by atoms with van der Waals surface area (Å²) in [6.07, 6.45) is 0.828. The molecule has 0 radical (unpaired) electrons. The number of nitrogens with zero attached hydrogens (tertiary/aromatic N) is 2. The normalized spacial score (nSPS) is 10.7. The lowest BCUT2D eigenvalue weighted by Gasteiger charge is -2.24. The Kier molecular flexibility index (Phi) is 8.90. The van der Waals surface area contributed by atoms with E-state index in [9.17, 15) is 9.59 Å². The largest absolute Gasteiger partial charge is 0.397 e. The van der Waals surface area contributed by atoms with Crippen LogP contribution in [0.4, 0.5) is 21.9 Å². The maximum atomic E-state index is 13.0. The van der Waals surface area contributed by atoms with Crippen LogP contribution in [0.5, 0.6) is 0 Å². The number of carbonyl (C=O) groups is 2. The van der Waals surface area contributed by atoms with Gasteiger partial charge >= 0.3 is 6.03 Å². The van der Waals surface area contributed by atoms with Crippen LogP contribution in [0.25, 0.3) is 0 Å². The van der Waals surface area contributed by atoms with E-state index in [1.807, 2.05) is 38.4 Å². The van der Waals surface area contributed by atoms with Crippen LogP contribution in [0, 0.1) is 0 Å². The van der Waals surface area contributed by atoms with Gasteiger partial charge in [0.25, 0.3) is 5.91 Å². The second kappa shape index (κ2) is 12.1. The molecule has 0 saturated carbocycles. The van der Waals surface area contributed by atoms with Crippen molar-refractivity contribution in [2.24, 2.45) is 0 Å². The summed E-state index contributed by atoms with van der Waals surface area (Å²) in [5.41, 5.74) is 9.05. The minimum Gasteiger partial charge on any atom is -0.397 e. The molecule has 3 aromatic carbocycles. The first-order valence-electron chi connectivity index (χ1n) is 11.0. The predicted octanol–water partition coefficient (Wildman–Crippen LogP) is 5.16. The Balaban J connectivity index is 1.67. The van der Waals surface area contributed by atoms with Crippen molar-refractivity contribution < 1.29 is 9.59 Å². The highest BCUT2D eigenvalue weighted by Crippen LogP contribution is 2.19. The van der Waals surface area contributed by atoms with Crippen LogP contribution in [0.1, 0.15) is 22.3 Å². The van der Waals surface area contributed by atoms with Gasteiger partial charge in [0.15, 0.2) is 0 Å². The molecule has 0 heterocycles. The number of anilines is 3. The zero-order valence-electron chi connectivity index (χ0n) is 19.4. The van der Waals surface area contributed by atoms with Crippen LogP contribution in [0.15, 0.2) is 72.8 Å². The molecule has 0 atom stereocenters. The molecule has 0 saturated heterocycles. The summed E-state index contributed by atoms with van der Waals surface area (Å²) in [5.74, 6) is -0.244. The Hall–Kier alpha value is -3.55. The van der Waals surface area contributed by atoms with Crippen molar-refractivity contribution in [1.29, 1.82) is 0 Å². The topological polar surface area (TPSA) is 90.7 Å². The second-order valence-corrected chi connectivity index (χ2v) is 8.69. The van der Waals surface area contributed by atoms with Gasteiger partial charge in [-0.25, -0.2) is 4.79 Å². The summed E-state index contributed by atoms with van der Waals surface area (Å²) in [6, 6.07) is 21.2. The first-order chi connectivity index (χ1) is 16.3. The summed E-state index contributed by atoms with van der Waals surface area (Å²) in [7, 11) is 4.01. The summed E-state index contributed by atoms with van der Waals surface area (Å²) in [5, 5.41) is 6.30. The number of hydrogen-bond acceptors (Lipinski definition) is 4. The van der Waals surface area contributed by atoms with Crippen LogP contribution >= 0.6 is 11.6 Å². The molecule has 34 heavy (non-hydrogen) atoms. The van der Waals surface area contributed by atoms with Crippen LogP contribution in [0.3, 0.4) is 0 Å². The number of para-hydroxylation sites is 2. The molecule has 0 spiro atoms. The van der Waals surface area contributed by atoms with Crippen molar-refractivity contribution in [3.63, 3.8) is 0 Å². The standard InChI is InChI=1S/C26H30ClN5O2/c1-31(2)15-6-16-32(26(34)29-22-8-5-7-21(27)17-22)18-19-11-13-20(14-12-19)25(33)30-24-10-4-3-9-23(24)28/h3-5,7-14,17H,6,15-16,18,28H2,1-2H3,(H,29,34)(H,30,33). The van der Waals surface area contributed by atoms with Gasteiger partial charge in [-0.2, -0.15) is 0 Å². The fourth-order valence-electron chi connectivity index (χ4n) is 3.39. The molecule has 3 amide bonds. The molecular formula is C26H30ClN5O2. The summed E-state index contributed by atoms with van der Waals surface area (Å²) in [4.78, 5) is 29.4.